The van der Waals surface area contributed by atoms with Crippen molar-refractivity contribution in [1.29, 1.82) is 0 Å². The Morgan fingerprint density at radius 1 is 1.29 bits per heavy atom. The first kappa shape index (κ1) is 15.0. The Balaban J connectivity index is 2.08. The molecule has 5 heteroatoms. The number of benzene rings is 1. The number of aromatic nitrogens is 1. The fraction of sp³-hybridized carbons (Fsp3) is 0.250. The molecule has 0 saturated heterocycles. The molecule has 1 amide bonds. The predicted octanol–water partition coefficient (Wildman–Crippen LogP) is 3.06. The van der Waals surface area contributed by atoms with E-state index in [0.717, 1.165) is 11.3 Å². The number of anilines is 1. The van der Waals surface area contributed by atoms with Crippen molar-refractivity contribution in [1.82, 2.24) is 10.3 Å². The lowest BCUT2D eigenvalue weighted by molar-refractivity contribution is 0.0935. The minimum atomic E-state index is -0.293. The first-order valence-corrected chi connectivity index (χ1v) is 6.72. The second-order valence-corrected chi connectivity index (χ2v) is 4.89. The van der Waals surface area contributed by atoms with Gasteiger partial charge in [-0.15, -0.1) is 0 Å². The van der Waals surface area contributed by atoms with Crippen molar-refractivity contribution in [3.05, 3.63) is 59.2 Å². The topological polar surface area (TPSA) is 54.0 Å². The second kappa shape index (κ2) is 6.35. The summed E-state index contributed by atoms with van der Waals surface area (Å²) >= 11 is 0. The van der Waals surface area contributed by atoms with Crippen LogP contribution in [0.5, 0.6) is 0 Å². The van der Waals surface area contributed by atoms with E-state index in [0.29, 0.717) is 11.3 Å². The molecule has 1 atom stereocenters. The first-order valence-electron chi connectivity index (χ1n) is 6.72. The molecule has 1 aromatic heterocycles. The van der Waals surface area contributed by atoms with Gasteiger partial charge in [0.05, 0.1) is 17.9 Å². The van der Waals surface area contributed by atoms with E-state index in [1.54, 1.807) is 44.4 Å². The van der Waals surface area contributed by atoms with Crippen LogP contribution in [0.15, 0.2) is 36.5 Å². The third kappa shape index (κ3) is 3.56. The summed E-state index contributed by atoms with van der Waals surface area (Å²) in [5.41, 5.74) is 2.47. The molecule has 110 valence electrons. The fourth-order valence-electron chi connectivity index (χ4n) is 1.91. The summed E-state index contributed by atoms with van der Waals surface area (Å²) in [4.78, 5) is 16.2. The predicted molar refractivity (Wildman–Crippen MR) is 80.8 cm³/mol. The Hall–Kier alpha value is -2.43. The van der Waals surface area contributed by atoms with Gasteiger partial charge in [0, 0.05) is 7.05 Å². The molecule has 4 nitrogen and oxygen atoms in total. The molecule has 1 aromatic carbocycles. The average Bonchev–Trinajstić information content (AvgIpc) is 2.50. The van der Waals surface area contributed by atoms with Crippen molar-refractivity contribution in [2.24, 2.45) is 0 Å². The zero-order valence-electron chi connectivity index (χ0n) is 12.3. The van der Waals surface area contributed by atoms with Gasteiger partial charge >= 0.3 is 0 Å². The Kier molecular flexibility index (Phi) is 4.52. The lowest BCUT2D eigenvalue weighted by Gasteiger charge is -2.14. The molecule has 0 spiro atoms. The van der Waals surface area contributed by atoms with Crippen LogP contribution in [0.3, 0.4) is 0 Å². The Bertz CT molecular complexity index is 640. The van der Waals surface area contributed by atoms with E-state index in [4.69, 9.17) is 0 Å². The lowest BCUT2D eigenvalue weighted by atomic mass is 10.1. The number of halogens is 1. The smallest absolute Gasteiger partial charge is 0.270 e. The number of carbonyl (C=O) groups excluding carboxylic acids is 1. The van der Waals surface area contributed by atoms with E-state index in [-0.39, 0.29) is 17.8 Å². The molecule has 2 N–H and O–H groups in total. The minimum absolute atomic E-state index is 0.273. The Morgan fingerprint density at radius 2 is 2.05 bits per heavy atom. The Morgan fingerprint density at radius 3 is 2.62 bits per heavy atom. The molecular formula is C16H18FN3O. The molecule has 0 radical (unpaired) electrons. The molecule has 21 heavy (non-hydrogen) atoms. The van der Waals surface area contributed by atoms with Crippen molar-refractivity contribution in [3.63, 3.8) is 0 Å². The number of amides is 1. The maximum absolute atomic E-state index is 13.6. The SMILES string of the molecule is CNc1ccc(C(=O)NC(C)c2ccc(C)c(F)c2)nc1. The van der Waals surface area contributed by atoms with Crippen LogP contribution in [0, 0.1) is 12.7 Å². The summed E-state index contributed by atoms with van der Waals surface area (Å²) in [7, 11) is 1.78. The third-order valence-electron chi connectivity index (χ3n) is 3.33. The zero-order valence-corrected chi connectivity index (χ0v) is 12.3. The summed E-state index contributed by atoms with van der Waals surface area (Å²) in [5.74, 6) is -0.559. The van der Waals surface area contributed by atoms with E-state index in [2.05, 4.69) is 15.6 Å². The van der Waals surface area contributed by atoms with E-state index in [9.17, 15) is 9.18 Å². The van der Waals surface area contributed by atoms with Crippen LogP contribution < -0.4 is 10.6 Å². The van der Waals surface area contributed by atoms with Crippen LogP contribution in [-0.2, 0) is 0 Å². The number of carbonyl (C=O) groups is 1. The standard InChI is InChI=1S/C16H18FN3O/c1-10-4-5-12(8-14(10)17)11(2)20-16(21)15-7-6-13(18-3)9-19-15/h4-9,11,18H,1-3H3,(H,20,21). The van der Waals surface area contributed by atoms with Gasteiger partial charge in [0.2, 0.25) is 0 Å². The van der Waals surface area contributed by atoms with E-state index in [1.165, 1.54) is 6.07 Å². The summed E-state index contributed by atoms with van der Waals surface area (Å²) in [6, 6.07) is 8.08. The average molecular weight is 287 g/mol. The molecule has 1 heterocycles. The van der Waals surface area contributed by atoms with Crippen LogP contribution in [0.2, 0.25) is 0 Å². The number of hydrogen-bond donors (Lipinski definition) is 2. The lowest BCUT2D eigenvalue weighted by Crippen LogP contribution is -2.27. The number of aryl methyl sites for hydroxylation is 1. The van der Waals surface area contributed by atoms with Crippen molar-refractivity contribution >= 4 is 11.6 Å². The number of rotatable bonds is 4. The molecule has 0 bridgehead atoms. The van der Waals surface area contributed by atoms with E-state index >= 15 is 0 Å². The molecule has 0 aliphatic rings. The highest BCUT2D eigenvalue weighted by Gasteiger charge is 2.13. The van der Waals surface area contributed by atoms with Gasteiger partial charge in [-0.05, 0) is 43.2 Å². The van der Waals surface area contributed by atoms with Crippen molar-refractivity contribution in [2.45, 2.75) is 19.9 Å². The second-order valence-electron chi connectivity index (χ2n) is 4.89. The van der Waals surface area contributed by atoms with Gasteiger partial charge < -0.3 is 10.6 Å². The largest absolute Gasteiger partial charge is 0.387 e. The Labute approximate surface area is 123 Å². The van der Waals surface area contributed by atoms with Gasteiger partial charge in [-0.2, -0.15) is 0 Å². The number of hydrogen-bond acceptors (Lipinski definition) is 3. The molecule has 2 aromatic rings. The van der Waals surface area contributed by atoms with Crippen molar-refractivity contribution < 1.29 is 9.18 Å². The maximum atomic E-state index is 13.6. The zero-order chi connectivity index (χ0) is 15.4. The highest BCUT2D eigenvalue weighted by molar-refractivity contribution is 5.92. The van der Waals surface area contributed by atoms with Gasteiger partial charge in [0.15, 0.2) is 0 Å². The molecule has 0 saturated carbocycles. The van der Waals surface area contributed by atoms with Crippen LogP contribution in [0.4, 0.5) is 10.1 Å². The minimum Gasteiger partial charge on any atom is -0.387 e. The van der Waals surface area contributed by atoms with Crippen LogP contribution >= 0.6 is 0 Å². The van der Waals surface area contributed by atoms with Crippen molar-refractivity contribution in [3.8, 4) is 0 Å². The maximum Gasteiger partial charge on any atom is 0.270 e. The molecule has 2 rings (SSSR count). The van der Waals surface area contributed by atoms with Gasteiger partial charge in [-0.3, -0.25) is 4.79 Å². The van der Waals surface area contributed by atoms with Crippen LogP contribution in [0.1, 0.15) is 34.6 Å². The molecule has 0 aliphatic heterocycles. The van der Waals surface area contributed by atoms with Gasteiger partial charge in [-0.1, -0.05) is 12.1 Å². The normalized spacial score (nSPS) is 11.8. The molecular weight excluding hydrogens is 269 g/mol. The summed E-state index contributed by atoms with van der Waals surface area (Å²) in [6.07, 6.45) is 1.59. The number of pyridine rings is 1. The van der Waals surface area contributed by atoms with E-state index in [1.807, 2.05) is 6.92 Å². The third-order valence-corrected chi connectivity index (χ3v) is 3.33. The monoisotopic (exact) mass is 287 g/mol. The van der Waals surface area contributed by atoms with Gasteiger partial charge in [0.25, 0.3) is 5.91 Å². The molecule has 0 aliphatic carbocycles. The van der Waals surface area contributed by atoms with Gasteiger partial charge in [0.1, 0.15) is 11.5 Å². The summed E-state index contributed by atoms with van der Waals surface area (Å²) in [5, 5.41) is 5.74. The van der Waals surface area contributed by atoms with Gasteiger partial charge in [-0.25, -0.2) is 9.37 Å². The highest BCUT2D eigenvalue weighted by atomic mass is 19.1. The number of nitrogens with zero attached hydrogens (tertiary/aromatic N) is 1. The molecule has 0 fully saturated rings. The fourth-order valence-corrected chi connectivity index (χ4v) is 1.91. The quantitative estimate of drug-likeness (QED) is 0.908. The van der Waals surface area contributed by atoms with Crippen LogP contribution in [0.25, 0.3) is 0 Å². The van der Waals surface area contributed by atoms with E-state index < -0.39 is 0 Å². The number of nitrogens with one attached hydrogen (secondary N) is 2. The summed E-state index contributed by atoms with van der Waals surface area (Å²) < 4.78 is 13.6. The van der Waals surface area contributed by atoms with Crippen molar-refractivity contribution in [2.75, 3.05) is 12.4 Å². The van der Waals surface area contributed by atoms with Crippen LogP contribution in [-0.4, -0.2) is 17.9 Å². The summed E-state index contributed by atoms with van der Waals surface area (Å²) in [6.45, 7) is 3.51. The highest BCUT2D eigenvalue weighted by Crippen LogP contribution is 2.17. The first-order chi connectivity index (χ1) is 10.0. The molecule has 1 unspecified atom stereocenters.